The number of ketones is 1. The van der Waals surface area contributed by atoms with Crippen molar-refractivity contribution in [1.29, 1.82) is 0 Å². The summed E-state index contributed by atoms with van der Waals surface area (Å²) in [6.07, 6.45) is 3.40. The molecule has 7 heteroatoms. The first-order valence-corrected chi connectivity index (χ1v) is 7.70. The van der Waals surface area contributed by atoms with Crippen molar-refractivity contribution < 1.29 is 14.3 Å². The Morgan fingerprint density at radius 3 is 2.43 bits per heavy atom. The molecule has 1 rings (SSSR count). The van der Waals surface area contributed by atoms with Crippen LogP contribution in [0.2, 0.25) is 0 Å². The molecule has 0 radical (unpaired) electrons. The van der Waals surface area contributed by atoms with Crippen molar-refractivity contribution in [2.24, 2.45) is 5.92 Å². The maximum Gasteiger partial charge on any atom is 0.354 e. The van der Waals surface area contributed by atoms with Crippen LogP contribution in [0.15, 0.2) is 12.3 Å². The Kier molecular flexibility index (Phi) is 6.57. The number of ether oxygens (including phenoxy) is 1. The van der Waals surface area contributed by atoms with E-state index in [1.165, 1.54) is 19.4 Å². The minimum Gasteiger partial charge on any atom is -0.464 e. The Bertz CT molecular complexity index is 518. The van der Waals surface area contributed by atoms with Gasteiger partial charge in [-0.05, 0) is 24.8 Å². The summed E-state index contributed by atoms with van der Waals surface area (Å²) in [5, 5.41) is 0. The second-order valence-corrected chi connectivity index (χ2v) is 7.44. The third kappa shape index (κ3) is 5.20. The van der Waals surface area contributed by atoms with E-state index in [2.05, 4.69) is 13.8 Å². The molecule has 0 saturated heterocycles. The summed E-state index contributed by atoms with van der Waals surface area (Å²) in [7, 11) is 1.28. The highest BCUT2D eigenvalue weighted by atomic mass is 35.6. The lowest BCUT2D eigenvalue weighted by atomic mass is 10.1. The molecule has 1 aromatic heterocycles. The number of aryl methyl sites for hydroxylation is 1. The van der Waals surface area contributed by atoms with E-state index >= 15 is 0 Å². The van der Waals surface area contributed by atoms with E-state index in [1.807, 2.05) is 0 Å². The van der Waals surface area contributed by atoms with E-state index in [9.17, 15) is 9.59 Å². The van der Waals surface area contributed by atoms with E-state index in [0.717, 1.165) is 12.8 Å². The zero-order valence-corrected chi connectivity index (χ0v) is 14.4. The van der Waals surface area contributed by atoms with Crippen LogP contribution >= 0.6 is 34.8 Å². The molecule has 1 aromatic rings. The molecule has 0 spiro atoms. The molecule has 0 aliphatic carbocycles. The Morgan fingerprint density at radius 2 is 1.95 bits per heavy atom. The molecule has 0 N–H and O–H groups in total. The molecule has 0 atom stereocenters. The lowest BCUT2D eigenvalue weighted by molar-refractivity contribution is 0.0588. The predicted octanol–water partition coefficient (Wildman–Crippen LogP) is 4.26. The molecule has 0 amide bonds. The van der Waals surface area contributed by atoms with E-state index < -0.39 is 15.5 Å². The van der Waals surface area contributed by atoms with Gasteiger partial charge in [0.25, 0.3) is 3.79 Å². The molecule has 0 unspecified atom stereocenters. The largest absolute Gasteiger partial charge is 0.464 e. The van der Waals surface area contributed by atoms with Crippen LogP contribution in [0.5, 0.6) is 0 Å². The summed E-state index contributed by atoms with van der Waals surface area (Å²) < 4.78 is 4.33. The maximum atomic E-state index is 12.0. The third-order valence-electron chi connectivity index (χ3n) is 2.99. The second kappa shape index (κ2) is 7.52. The van der Waals surface area contributed by atoms with Crippen molar-refractivity contribution in [2.75, 3.05) is 7.11 Å². The van der Waals surface area contributed by atoms with Crippen LogP contribution in [-0.2, 0) is 11.3 Å². The number of carbonyl (C=O) groups is 2. The Morgan fingerprint density at radius 1 is 1.33 bits per heavy atom. The normalized spacial score (nSPS) is 11.8. The maximum absolute atomic E-state index is 12.0. The number of esters is 1. The van der Waals surface area contributed by atoms with Gasteiger partial charge in [-0.2, -0.15) is 0 Å². The van der Waals surface area contributed by atoms with Crippen LogP contribution in [0.3, 0.4) is 0 Å². The first kappa shape index (κ1) is 18.3. The highest BCUT2D eigenvalue weighted by molar-refractivity contribution is 6.77. The Balaban J connectivity index is 3.02. The fraction of sp³-hybridized carbons (Fsp3) is 0.571. The van der Waals surface area contributed by atoms with E-state index in [0.29, 0.717) is 12.5 Å². The number of Topliss-reactive ketones (excluding diaryl/α,β-unsaturated/α-hetero) is 1. The van der Waals surface area contributed by atoms with Crippen molar-refractivity contribution in [3.8, 4) is 0 Å². The highest BCUT2D eigenvalue weighted by Crippen LogP contribution is 2.31. The van der Waals surface area contributed by atoms with Crippen LogP contribution < -0.4 is 0 Å². The average molecular weight is 355 g/mol. The summed E-state index contributed by atoms with van der Waals surface area (Å²) >= 11 is 16.8. The van der Waals surface area contributed by atoms with E-state index in [1.54, 1.807) is 4.57 Å². The molecule has 1 heterocycles. The zero-order chi connectivity index (χ0) is 16.2. The first-order chi connectivity index (χ1) is 9.66. The molecule has 21 heavy (non-hydrogen) atoms. The van der Waals surface area contributed by atoms with E-state index in [4.69, 9.17) is 39.5 Å². The molecule has 0 aliphatic rings. The van der Waals surface area contributed by atoms with Crippen LogP contribution in [0.4, 0.5) is 0 Å². The van der Waals surface area contributed by atoms with Gasteiger partial charge in [-0.3, -0.25) is 4.79 Å². The summed E-state index contributed by atoms with van der Waals surface area (Å²) in [6.45, 7) is 4.83. The number of methoxy groups -OCH3 is 1. The molecule has 0 saturated carbocycles. The fourth-order valence-electron chi connectivity index (χ4n) is 1.93. The van der Waals surface area contributed by atoms with Crippen LogP contribution in [0.1, 0.15) is 47.5 Å². The zero-order valence-electron chi connectivity index (χ0n) is 12.2. The first-order valence-electron chi connectivity index (χ1n) is 6.56. The molecule has 4 nitrogen and oxygen atoms in total. The summed E-state index contributed by atoms with van der Waals surface area (Å²) in [6, 6.07) is 1.39. The van der Waals surface area contributed by atoms with Gasteiger partial charge in [0.05, 0.1) is 7.11 Å². The summed E-state index contributed by atoms with van der Waals surface area (Å²) in [4.78, 5) is 23.7. The number of hydrogen-bond acceptors (Lipinski definition) is 3. The van der Waals surface area contributed by atoms with Crippen molar-refractivity contribution in [1.82, 2.24) is 4.57 Å². The van der Waals surface area contributed by atoms with Gasteiger partial charge in [-0.1, -0.05) is 48.7 Å². The highest BCUT2D eigenvalue weighted by Gasteiger charge is 2.33. The van der Waals surface area contributed by atoms with Gasteiger partial charge in [0, 0.05) is 18.3 Å². The number of alkyl halides is 3. The van der Waals surface area contributed by atoms with E-state index in [-0.39, 0.29) is 11.3 Å². The number of rotatable bonds is 6. The minimum atomic E-state index is -2.04. The van der Waals surface area contributed by atoms with Crippen LogP contribution in [0.25, 0.3) is 0 Å². The topological polar surface area (TPSA) is 48.3 Å². The van der Waals surface area contributed by atoms with Gasteiger partial charge < -0.3 is 9.30 Å². The van der Waals surface area contributed by atoms with Crippen molar-refractivity contribution >= 4 is 46.6 Å². The minimum absolute atomic E-state index is 0.181. The lowest BCUT2D eigenvalue weighted by Crippen LogP contribution is -2.18. The molecular formula is C14H18Cl3NO3. The molecule has 0 aromatic carbocycles. The number of aromatic nitrogens is 1. The molecular weight excluding hydrogens is 337 g/mol. The Labute approximate surface area is 139 Å². The summed E-state index contributed by atoms with van der Waals surface area (Å²) in [5.74, 6) is -0.632. The third-order valence-corrected chi connectivity index (χ3v) is 3.51. The van der Waals surface area contributed by atoms with Crippen molar-refractivity contribution in [3.05, 3.63) is 23.5 Å². The molecule has 0 fully saturated rings. The second-order valence-electron chi connectivity index (χ2n) is 5.16. The van der Waals surface area contributed by atoms with Gasteiger partial charge in [0.1, 0.15) is 5.69 Å². The summed E-state index contributed by atoms with van der Waals surface area (Å²) in [5.41, 5.74) is 0.457. The molecule has 0 aliphatic heterocycles. The Hall–Kier alpha value is -0.710. The van der Waals surface area contributed by atoms with Crippen molar-refractivity contribution in [3.63, 3.8) is 0 Å². The lowest BCUT2D eigenvalue weighted by Gasteiger charge is -2.09. The standard InChI is InChI=1S/C14H18Cl3NO3/c1-9(2)5-4-6-18-8-10(12(19)14(15,16)17)7-11(18)13(20)21-3/h7-9H,4-6H2,1-3H3. The fourth-order valence-corrected chi connectivity index (χ4v) is 2.26. The average Bonchev–Trinajstić information content (AvgIpc) is 2.79. The quantitative estimate of drug-likeness (QED) is 0.435. The SMILES string of the molecule is COC(=O)c1cc(C(=O)C(Cl)(Cl)Cl)cn1CCCC(C)C. The number of nitrogens with zero attached hydrogens (tertiary/aromatic N) is 1. The molecule has 0 bridgehead atoms. The van der Waals surface area contributed by atoms with Gasteiger partial charge in [0.15, 0.2) is 0 Å². The van der Waals surface area contributed by atoms with Gasteiger partial charge >= 0.3 is 5.97 Å². The van der Waals surface area contributed by atoms with Gasteiger partial charge in [-0.15, -0.1) is 0 Å². The van der Waals surface area contributed by atoms with Crippen LogP contribution in [0, 0.1) is 5.92 Å². The smallest absolute Gasteiger partial charge is 0.354 e. The predicted molar refractivity (Wildman–Crippen MR) is 84.5 cm³/mol. The van der Waals surface area contributed by atoms with Gasteiger partial charge in [-0.25, -0.2) is 4.79 Å². The molecule has 118 valence electrons. The van der Waals surface area contributed by atoms with Crippen LogP contribution in [-0.4, -0.2) is 27.2 Å². The number of hydrogen-bond donors (Lipinski definition) is 0. The number of halogens is 3. The van der Waals surface area contributed by atoms with Crippen molar-refractivity contribution in [2.45, 2.75) is 37.0 Å². The number of carbonyl (C=O) groups excluding carboxylic acids is 2. The monoisotopic (exact) mass is 353 g/mol. The van der Waals surface area contributed by atoms with Gasteiger partial charge in [0.2, 0.25) is 5.78 Å².